The van der Waals surface area contributed by atoms with Crippen molar-refractivity contribution in [2.45, 2.75) is 32.4 Å². The molecule has 3 aromatic rings. The van der Waals surface area contributed by atoms with Crippen molar-refractivity contribution < 1.29 is 14.3 Å². The van der Waals surface area contributed by atoms with Gasteiger partial charge in [0, 0.05) is 36.6 Å². The van der Waals surface area contributed by atoms with Crippen molar-refractivity contribution in [2.24, 2.45) is 0 Å². The fourth-order valence-electron chi connectivity index (χ4n) is 4.17. The molecule has 2 aromatic heterocycles. The predicted octanol–water partition coefficient (Wildman–Crippen LogP) is 4.10. The molecule has 1 N–H and O–H groups in total. The average Bonchev–Trinajstić information content (AvgIpc) is 2.83. The van der Waals surface area contributed by atoms with E-state index in [1.165, 1.54) is 19.5 Å². The molecule has 8 heteroatoms. The number of rotatable bonds is 4. The maximum Gasteiger partial charge on any atom is 0.339 e. The second-order valence-electron chi connectivity index (χ2n) is 7.91. The molecular weight excluding hydrogens is 418 g/mol. The fraction of sp³-hybridized carbons (Fsp3) is 0.240. The number of benzene rings is 1. The summed E-state index contributed by atoms with van der Waals surface area (Å²) < 4.78 is 4.74. The van der Waals surface area contributed by atoms with Crippen LogP contribution in [0, 0.1) is 11.3 Å². The Labute approximate surface area is 191 Å². The predicted molar refractivity (Wildman–Crippen MR) is 124 cm³/mol. The lowest BCUT2D eigenvalue weighted by Gasteiger charge is -2.39. The van der Waals surface area contributed by atoms with Crippen molar-refractivity contribution >= 4 is 23.4 Å². The molecule has 3 heterocycles. The van der Waals surface area contributed by atoms with Gasteiger partial charge in [0.1, 0.15) is 11.9 Å². The Hall–Kier alpha value is -4.25. The van der Waals surface area contributed by atoms with Gasteiger partial charge in [0.2, 0.25) is 5.91 Å². The van der Waals surface area contributed by atoms with Gasteiger partial charge in [-0.2, -0.15) is 5.26 Å². The van der Waals surface area contributed by atoms with Gasteiger partial charge < -0.3 is 15.0 Å². The molecule has 2 unspecified atom stereocenters. The molecule has 4 rings (SSSR count). The first-order chi connectivity index (χ1) is 15.9. The lowest BCUT2D eigenvalue weighted by atomic mass is 9.89. The van der Waals surface area contributed by atoms with E-state index in [4.69, 9.17) is 10.00 Å². The van der Waals surface area contributed by atoms with Crippen molar-refractivity contribution in [3.63, 3.8) is 0 Å². The zero-order valence-electron chi connectivity index (χ0n) is 18.6. The minimum absolute atomic E-state index is 0.00537. The standard InChI is InChI=1S/C25H23N5O3/c1-15-10-22(29-24-9-4-17(12-26)13-28-24)20-11-18(6-8-23(20)30(15)16(2)31)21-7-5-19(14-27-21)25(32)33-3/h4-9,11,13-15,22H,10H2,1-3H3,(H,28,29). The van der Waals surface area contributed by atoms with E-state index < -0.39 is 5.97 Å². The maximum absolute atomic E-state index is 12.4. The summed E-state index contributed by atoms with van der Waals surface area (Å²) in [5.41, 5.74) is 4.22. The van der Waals surface area contributed by atoms with Crippen LogP contribution in [0.5, 0.6) is 0 Å². The molecular formula is C25H23N5O3. The molecule has 1 aromatic carbocycles. The average molecular weight is 441 g/mol. The Morgan fingerprint density at radius 3 is 2.58 bits per heavy atom. The second-order valence-corrected chi connectivity index (χ2v) is 7.91. The maximum atomic E-state index is 12.4. The quantitative estimate of drug-likeness (QED) is 0.607. The number of anilines is 2. The third-order valence-electron chi connectivity index (χ3n) is 5.71. The van der Waals surface area contributed by atoms with Crippen LogP contribution in [0.4, 0.5) is 11.5 Å². The molecule has 33 heavy (non-hydrogen) atoms. The molecule has 1 aliphatic heterocycles. The van der Waals surface area contributed by atoms with Gasteiger partial charge in [-0.1, -0.05) is 6.07 Å². The van der Waals surface area contributed by atoms with E-state index in [2.05, 4.69) is 21.4 Å². The normalized spacial score (nSPS) is 17.0. The number of amides is 1. The number of ether oxygens (including phenoxy) is 1. The molecule has 0 aliphatic carbocycles. The van der Waals surface area contributed by atoms with Crippen molar-refractivity contribution in [2.75, 3.05) is 17.3 Å². The Balaban J connectivity index is 1.72. The number of fused-ring (bicyclic) bond motifs is 1. The smallest absolute Gasteiger partial charge is 0.339 e. The van der Waals surface area contributed by atoms with Crippen LogP contribution in [0.2, 0.25) is 0 Å². The number of hydrogen-bond donors (Lipinski definition) is 1. The Kier molecular flexibility index (Phi) is 6.05. The van der Waals surface area contributed by atoms with Crippen molar-refractivity contribution in [3.05, 3.63) is 71.5 Å². The first-order valence-electron chi connectivity index (χ1n) is 10.5. The third-order valence-corrected chi connectivity index (χ3v) is 5.71. The molecule has 0 radical (unpaired) electrons. The molecule has 0 spiro atoms. The highest BCUT2D eigenvalue weighted by molar-refractivity contribution is 5.94. The highest BCUT2D eigenvalue weighted by Gasteiger charge is 2.33. The van der Waals surface area contributed by atoms with Crippen LogP contribution in [0.3, 0.4) is 0 Å². The third kappa shape index (κ3) is 4.39. The summed E-state index contributed by atoms with van der Waals surface area (Å²) in [6.07, 6.45) is 3.70. The van der Waals surface area contributed by atoms with Crippen LogP contribution in [0.15, 0.2) is 54.9 Å². The van der Waals surface area contributed by atoms with Crippen LogP contribution in [0.1, 0.15) is 47.8 Å². The van der Waals surface area contributed by atoms with Crippen LogP contribution >= 0.6 is 0 Å². The van der Waals surface area contributed by atoms with Crippen LogP contribution in [-0.4, -0.2) is 35.0 Å². The summed E-state index contributed by atoms with van der Waals surface area (Å²) in [6, 6.07) is 14.8. The fourth-order valence-corrected chi connectivity index (χ4v) is 4.17. The Bertz CT molecular complexity index is 1230. The Morgan fingerprint density at radius 2 is 1.97 bits per heavy atom. The largest absolute Gasteiger partial charge is 0.465 e. The minimum atomic E-state index is -0.440. The van der Waals surface area contributed by atoms with Gasteiger partial charge in [-0.15, -0.1) is 0 Å². The van der Waals surface area contributed by atoms with Crippen molar-refractivity contribution in [1.29, 1.82) is 5.26 Å². The number of aromatic nitrogens is 2. The number of hydrogen-bond acceptors (Lipinski definition) is 7. The number of nitriles is 1. The molecule has 8 nitrogen and oxygen atoms in total. The van der Waals surface area contributed by atoms with Gasteiger partial charge in [0.05, 0.1) is 30.0 Å². The van der Waals surface area contributed by atoms with Gasteiger partial charge >= 0.3 is 5.97 Å². The van der Waals surface area contributed by atoms with Crippen LogP contribution in [0.25, 0.3) is 11.3 Å². The van der Waals surface area contributed by atoms with Crippen LogP contribution in [-0.2, 0) is 9.53 Å². The first kappa shape index (κ1) is 22.0. The summed E-state index contributed by atoms with van der Waals surface area (Å²) in [6.45, 7) is 3.59. The van der Waals surface area contributed by atoms with Gasteiger partial charge in [-0.3, -0.25) is 9.78 Å². The zero-order chi connectivity index (χ0) is 23.5. The topological polar surface area (TPSA) is 108 Å². The number of pyridine rings is 2. The monoisotopic (exact) mass is 441 g/mol. The summed E-state index contributed by atoms with van der Waals surface area (Å²) in [5, 5.41) is 12.5. The van der Waals surface area contributed by atoms with E-state index in [1.54, 1.807) is 36.1 Å². The van der Waals surface area contributed by atoms with Gasteiger partial charge in [-0.05, 0) is 55.3 Å². The van der Waals surface area contributed by atoms with E-state index in [1.807, 2.05) is 25.1 Å². The number of carbonyl (C=O) groups is 2. The number of esters is 1. The molecule has 1 amide bonds. The summed E-state index contributed by atoms with van der Waals surface area (Å²) >= 11 is 0. The summed E-state index contributed by atoms with van der Waals surface area (Å²) in [7, 11) is 1.33. The molecule has 0 saturated heterocycles. The van der Waals surface area contributed by atoms with E-state index in [9.17, 15) is 9.59 Å². The summed E-state index contributed by atoms with van der Waals surface area (Å²) in [5.74, 6) is 0.191. The number of carbonyl (C=O) groups excluding carboxylic acids is 2. The second kappa shape index (κ2) is 9.09. The SMILES string of the molecule is COC(=O)c1ccc(-c2ccc3c(c2)C(Nc2ccc(C#N)cn2)CC(C)N3C(C)=O)nc1. The molecule has 0 saturated carbocycles. The van der Waals surface area contributed by atoms with Gasteiger partial charge in [0.15, 0.2) is 0 Å². The van der Waals surface area contributed by atoms with E-state index >= 15 is 0 Å². The van der Waals surface area contributed by atoms with Crippen molar-refractivity contribution in [1.82, 2.24) is 9.97 Å². The van der Waals surface area contributed by atoms with E-state index in [0.717, 1.165) is 16.8 Å². The van der Waals surface area contributed by atoms with E-state index in [0.29, 0.717) is 29.1 Å². The lowest BCUT2D eigenvalue weighted by molar-refractivity contribution is -0.117. The number of nitrogens with one attached hydrogen (secondary N) is 1. The molecule has 2 atom stereocenters. The zero-order valence-corrected chi connectivity index (χ0v) is 18.6. The van der Waals surface area contributed by atoms with E-state index in [-0.39, 0.29) is 18.0 Å². The van der Waals surface area contributed by atoms with Crippen LogP contribution < -0.4 is 10.2 Å². The molecule has 1 aliphatic rings. The first-order valence-corrected chi connectivity index (χ1v) is 10.5. The van der Waals surface area contributed by atoms with Crippen molar-refractivity contribution in [3.8, 4) is 17.3 Å². The number of methoxy groups -OCH3 is 1. The number of nitrogens with zero attached hydrogens (tertiary/aromatic N) is 4. The molecule has 166 valence electrons. The van der Waals surface area contributed by atoms with Gasteiger partial charge in [0.25, 0.3) is 0 Å². The lowest BCUT2D eigenvalue weighted by Crippen LogP contribution is -2.43. The van der Waals surface area contributed by atoms with Gasteiger partial charge in [-0.25, -0.2) is 9.78 Å². The Morgan fingerprint density at radius 1 is 1.15 bits per heavy atom. The molecule has 0 fully saturated rings. The highest BCUT2D eigenvalue weighted by Crippen LogP contribution is 2.40. The minimum Gasteiger partial charge on any atom is -0.465 e. The molecule has 0 bridgehead atoms. The summed E-state index contributed by atoms with van der Waals surface area (Å²) in [4.78, 5) is 34.7. The highest BCUT2D eigenvalue weighted by atomic mass is 16.5.